The number of halogens is 1. The van der Waals surface area contributed by atoms with Crippen molar-refractivity contribution in [3.63, 3.8) is 0 Å². The minimum Gasteiger partial charge on any atom is -0.481 e. The lowest BCUT2D eigenvalue weighted by molar-refractivity contribution is -0.137. The predicted octanol–water partition coefficient (Wildman–Crippen LogP) is 4.22. The van der Waals surface area contributed by atoms with E-state index in [1.54, 1.807) is 24.3 Å². The van der Waals surface area contributed by atoms with Crippen molar-refractivity contribution < 1.29 is 23.2 Å². The van der Waals surface area contributed by atoms with Crippen molar-refractivity contribution in [2.45, 2.75) is 30.4 Å². The molecule has 0 aliphatic carbocycles. The summed E-state index contributed by atoms with van der Waals surface area (Å²) in [6.07, 6.45) is 2.19. The first-order chi connectivity index (χ1) is 12.0. The van der Waals surface area contributed by atoms with Gasteiger partial charge in [-0.15, -0.1) is 0 Å². The van der Waals surface area contributed by atoms with Gasteiger partial charge in [0, 0.05) is 16.6 Å². The highest BCUT2D eigenvalue weighted by Crippen LogP contribution is 2.41. The van der Waals surface area contributed by atoms with Gasteiger partial charge in [0.05, 0.1) is 11.2 Å². The molecule has 0 radical (unpaired) electrons. The third-order valence-electron chi connectivity index (χ3n) is 4.46. The van der Waals surface area contributed by atoms with Gasteiger partial charge in [-0.3, -0.25) is 9.00 Å². The van der Waals surface area contributed by atoms with E-state index in [-0.39, 0.29) is 12.2 Å². The van der Waals surface area contributed by atoms with Crippen molar-refractivity contribution in [3.05, 3.63) is 59.9 Å². The molecule has 0 amide bonds. The zero-order valence-electron chi connectivity index (χ0n) is 13.6. The summed E-state index contributed by atoms with van der Waals surface area (Å²) in [5.74, 6) is 0.319. The van der Waals surface area contributed by atoms with Crippen molar-refractivity contribution >= 4 is 16.8 Å². The summed E-state index contributed by atoms with van der Waals surface area (Å²) in [5.41, 5.74) is 0.763. The number of rotatable bonds is 5. The number of carboxylic acids is 1. The Hall–Kier alpha value is -2.21. The third-order valence-corrected chi connectivity index (χ3v) is 6.58. The molecule has 1 N–H and O–H groups in total. The normalized spacial score (nSPS) is 23.2. The molecule has 2 aromatic carbocycles. The van der Waals surface area contributed by atoms with Crippen molar-refractivity contribution in [2.75, 3.05) is 5.75 Å². The van der Waals surface area contributed by atoms with E-state index >= 15 is 0 Å². The molecule has 1 fully saturated rings. The van der Waals surface area contributed by atoms with Crippen molar-refractivity contribution in [2.24, 2.45) is 0 Å². The molecular formula is C19H19FO4S. The Morgan fingerprint density at radius 1 is 1.08 bits per heavy atom. The molecule has 25 heavy (non-hydrogen) atoms. The highest BCUT2D eigenvalue weighted by atomic mass is 32.2. The molecule has 1 heterocycles. The van der Waals surface area contributed by atoms with Crippen LogP contribution in [0.2, 0.25) is 0 Å². The molecule has 0 spiro atoms. The number of hydrogen-bond donors (Lipinski definition) is 1. The number of hydrogen-bond acceptors (Lipinski definition) is 3. The van der Waals surface area contributed by atoms with E-state index in [9.17, 15) is 18.5 Å². The summed E-state index contributed by atoms with van der Waals surface area (Å²) in [6.45, 7) is 0. The third kappa shape index (κ3) is 3.90. The lowest BCUT2D eigenvalue weighted by Gasteiger charge is -2.35. The standard InChI is InChI=1S/C19H19FO4S/c20-15-5-9-17(10-6-15)24-16-7-3-14(4-8-16)19(13-18(21)22)11-1-2-12-25(19)23/h3-10H,1-2,11-13H2,(H,21,22). The van der Waals surface area contributed by atoms with Crippen molar-refractivity contribution in [3.8, 4) is 11.5 Å². The van der Waals surface area contributed by atoms with Crippen LogP contribution in [0, 0.1) is 5.82 Å². The highest BCUT2D eigenvalue weighted by molar-refractivity contribution is 7.86. The Morgan fingerprint density at radius 2 is 1.68 bits per heavy atom. The maximum Gasteiger partial charge on any atom is 0.305 e. The van der Waals surface area contributed by atoms with Gasteiger partial charge in [0.25, 0.3) is 0 Å². The number of carbonyl (C=O) groups is 1. The van der Waals surface area contributed by atoms with Crippen LogP contribution in [0.4, 0.5) is 4.39 Å². The van der Waals surface area contributed by atoms with E-state index in [2.05, 4.69) is 0 Å². The second kappa shape index (κ2) is 7.35. The number of aliphatic carboxylic acids is 1. The first-order valence-corrected chi connectivity index (χ1v) is 9.46. The van der Waals surface area contributed by atoms with Gasteiger partial charge in [-0.2, -0.15) is 0 Å². The van der Waals surface area contributed by atoms with Gasteiger partial charge < -0.3 is 9.84 Å². The van der Waals surface area contributed by atoms with Crippen LogP contribution in [0.3, 0.4) is 0 Å². The predicted molar refractivity (Wildman–Crippen MR) is 93.7 cm³/mol. The van der Waals surface area contributed by atoms with E-state index in [4.69, 9.17) is 4.74 Å². The van der Waals surface area contributed by atoms with E-state index in [1.165, 1.54) is 24.3 Å². The van der Waals surface area contributed by atoms with Gasteiger partial charge in [-0.1, -0.05) is 18.6 Å². The Balaban J connectivity index is 1.84. The molecule has 2 unspecified atom stereocenters. The SMILES string of the molecule is O=C(O)CC1(c2ccc(Oc3ccc(F)cc3)cc2)CCCCS1=O. The number of carboxylic acid groups (broad SMARTS) is 1. The Bertz CT molecular complexity index is 773. The van der Waals surface area contributed by atoms with Crippen LogP contribution in [-0.2, 0) is 20.3 Å². The molecule has 132 valence electrons. The Kier molecular flexibility index (Phi) is 5.18. The monoisotopic (exact) mass is 362 g/mol. The summed E-state index contributed by atoms with van der Waals surface area (Å²) < 4.78 is 30.4. The fourth-order valence-electron chi connectivity index (χ4n) is 3.21. The molecule has 1 aliphatic heterocycles. The molecule has 0 bridgehead atoms. The van der Waals surface area contributed by atoms with Crippen molar-refractivity contribution in [1.82, 2.24) is 0 Å². The van der Waals surface area contributed by atoms with Gasteiger partial charge in [-0.05, 0) is 54.8 Å². The summed E-state index contributed by atoms with van der Waals surface area (Å²) in [7, 11) is -1.22. The number of benzene rings is 2. The highest BCUT2D eigenvalue weighted by Gasteiger charge is 2.42. The first-order valence-electron chi connectivity index (χ1n) is 8.14. The molecule has 2 atom stereocenters. The lowest BCUT2D eigenvalue weighted by atomic mass is 9.89. The van der Waals surface area contributed by atoms with E-state index in [1.807, 2.05) is 0 Å². The zero-order valence-corrected chi connectivity index (χ0v) is 14.4. The molecule has 0 saturated carbocycles. The Labute approximate surface area is 148 Å². The maximum atomic E-state index is 12.9. The lowest BCUT2D eigenvalue weighted by Crippen LogP contribution is -2.38. The van der Waals surface area contributed by atoms with Crippen LogP contribution in [-0.4, -0.2) is 21.0 Å². The summed E-state index contributed by atoms with van der Waals surface area (Å²) in [4.78, 5) is 11.3. The average Bonchev–Trinajstić information content (AvgIpc) is 2.59. The smallest absolute Gasteiger partial charge is 0.305 e. The maximum absolute atomic E-state index is 12.9. The average molecular weight is 362 g/mol. The molecular weight excluding hydrogens is 343 g/mol. The molecule has 4 nitrogen and oxygen atoms in total. The summed E-state index contributed by atoms with van der Waals surface area (Å²) in [6, 6.07) is 12.7. The minimum atomic E-state index is -1.22. The van der Waals surface area contributed by atoms with Crippen LogP contribution in [0.5, 0.6) is 11.5 Å². The van der Waals surface area contributed by atoms with E-state index < -0.39 is 21.5 Å². The summed E-state index contributed by atoms with van der Waals surface area (Å²) in [5, 5.41) is 9.29. The van der Waals surface area contributed by atoms with Crippen LogP contribution in [0.25, 0.3) is 0 Å². The quantitative estimate of drug-likeness (QED) is 0.865. The van der Waals surface area contributed by atoms with Gasteiger partial charge in [0.1, 0.15) is 17.3 Å². The molecule has 1 saturated heterocycles. The molecule has 2 aromatic rings. The summed E-state index contributed by atoms with van der Waals surface area (Å²) >= 11 is 0. The van der Waals surface area contributed by atoms with Crippen LogP contribution in [0.1, 0.15) is 31.2 Å². The number of ether oxygens (including phenoxy) is 1. The zero-order chi connectivity index (χ0) is 17.9. The second-order valence-electron chi connectivity index (χ2n) is 6.15. The topological polar surface area (TPSA) is 63.6 Å². The largest absolute Gasteiger partial charge is 0.481 e. The van der Waals surface area contributed by atoms with Crippen LogP contribution >= 0.6 is 0 Å². The van der Waals surface area contributed by atoms with Crippen LogP contribution in [0.15, 0.2) is 48.5 Å². The molecule has 1 aliphatic rings. The fourth-order valence-corrected chi connectivity index (χ4v) is 5.12. The van der Waals surface area contributed by atoms with Gasteiger partial charge in [0.15, 0.2) is 0 Å². The van der Waals surface area contributed by atoms with E-state index in [0.29, 0.717) is 23.7 Å². The fraction of sp³-hybridized carbons (Fsp3) is 0.316. The molecule has 0 aromatic heterocycles. The van der Waals surface area contributed by atoms with Gasteiger partial charge >= 0.3 is 5.97 Å². The second-order valence-corrected chi connectivity index (χ2v) is 8.03. The van der Waals surface area contributed by atoms with Gasteiger partial charge in [-0.25, -0.2) is 4.39 Å². The molecule has 6 heteroatoms. The molecule has 3 rings (SSSR count). The Morgan fingerprint density at radius 3 is 2.24 bits per heavy atom. The van der Waals surface area contributed by atoms with Crippen molar-refractivity contribution in [1.29, 1.82) is 0 Å². The first kappa shape index (κ1) is 17.6. The van der Waals surface area contributed by atoms with E-state index in [0.717, 1.165) is 18.4 Å². The minimum absolute atomic E-state index is 0.141. The van der Waals surface area contributed by atoms with Gasteiger partial charge in [0.2, 0.25) is 0 Å². The van der Waals surface area contributed by atoms with Crippen LogP contribution < -0.4 is 4.74 Å².